The van der Waals surface area contributed by atoms with Crippen molar-refractivity contribution in [1.82, 2.24) is 19.6 Å². The van der Waals surface area contributed by atoms with Crippen molar-refractivity contribution in [3.05, 3.63) is 0 Å². The molecule has 0 spiro atoms. The molecular weight excluding hydrogens is 400 g/mol. The van der Waals surface area contributed by atoms with Crippen LogP contribution in [0, 0.1) is 0 Å². The van der Waals surface area contributed by atoms with Crippen molar-refractivity contribution in [2.45, 2.75) is 38.9 Å². The van der Waals surface area contributed by atoms with E-state index in [2.05, 4.69) is 33.7 Å². The summed E-state index contributed by atoms with van der Waals surface area (Å²) < 4.78 is 16.4. The summed E-state index contributed by atoms with van der Waals surface area (Å²) in [6.07, 6.45) is 0.237. The Morgan fingerprint density at radius 2 is 1.19 bits per heavy atom. The Morgan fingerprint density at radius 1 is 0.710 bits per heavy atom. The summed E-state index contributed by atoms with van der Waals surface area (Å²) in [6.45, 7) is 13.8. The van der Waals surface area contributed by atoms with Crippen LogP contribution in [0.25, 0.3) is 0 Å². The molecule has 2 unspecified atom stereocenters. The third kappa shape index (κ3) is 11.2. The summed E-state index contributed by atoms with van der Waals surface area (Å²) in [5, 5.41) is 0. The lowest BCUT2D eigenvalue weighted by molar-refractivity contribution is -0.154. The topological polar surface area (TPSA) is 74.8 Å². The van der Waals surface area contributed by atoms with Crippen LogP contribution in [-0.2, 0) is 23.8 Å². The smallest absolute Gasteiger partial charge is 0.307 e. The number of ether oxygens (including phenoxy) is 3. The Bertz CT molecular complexity index is 534. The van der Waals surface area contributed by atoms with Crippen LogP contribution in [0.3, 0.4) is 0 Å². The SMILES string of the molecule is CC(COC(=O)CCN1CCN(C)CC1)OCC(C)OC(=O)CCN1CCN(C)CC1. The molecule has 0 saturated carbocycles. The van der Waals surface area contributed by atoms with E-state index in [9.17, 15) is 9.59 Å². The summed E-state index contributed by atoms with van der Waals surface area (Å²) >= 11 is 0. The van der Waals surface area contributed by atoms with Gasteiger partial charge < -0.3 is 33.8 Å². The Kier molecular flexibility index (Phi) is 11.7. The fourth-order valence-electron chi connectivity index (χ4n) is 3.59. The molecule has 31 heavy (non-hydrogen) atoms. The Morgan fingerprint density at radius 3 is 1.71 bits per heavy atom. The number of carbonyl (C=O) groups excluding carboxylic acids is 2. The van der Waals surface area contributed by atoms with E-state index in [-0.39, 0.29) is 30.8 Å². The first-order valence-electron chi connectivity index (χ1n) is 11.6. The number of piperazine rings is 2. The lowest BCUT2D eigenvalue weighted by Crippen LogP contribution is -2.45. The largest absolute Gasteiger partial charge is 0.463 e. The lowest BCUT2D eigenvalue weighted by atomic mass is 10.3. The Balaban J connectivity index is 1.48. The van der Waals surface area contributed by atoms with Crippen LogP contribution in [-0.4, -0.2) is 137 Å². The average Bonchev–Trinajstić information content (AvgIpc) is 2.75. The van der Waals surface area contributed by atoms with E-state index in [1.165, 1.54) is 0 Å². The Hall–Kier alpha value is -1.26. The van der Waals surface area contributed by atoms with Crippen LogP contribution in [0.5, 0.6) is 0 Å². The summed E-state index contributed by atoms with van der Waals surface area (Å²) in [4.78, 5) is 33.2. The van der Waals surface area contributed by atoms with Crippen molar-refractivity contribution in [2.75, 3.05) is 92.8 Å². The summed E-state index contributed by atoms with van der Waals surface area (Å²) in [5.41, 5.74) is 0. The molecule has 2 fully saturated rings. The highest BCUT2D eigenvalue weighted by Crippen LogP contribution is 2.05. The number of carbonyl (C=O) groups is 2. The number of esters is 2. The maximum absolute atomic E-state index is 12.0. The number of hydrogen-bond acceptors (Lipinski definition) is 9. The molecule has 0 aromatic heterocycles. The van der Waals surface area contributed by atoms with Gasteiger partial charge in [0.25, 0.3) is 0 Å². The van der Waals surface area contributed by atoms with Gasteiger partial charge in [0.2, 0.25) is 0 Å². The van der Waals surface area contributed by atoms with Gasteiger partial charge in [-0.15, -0.1) is 0 Å². The molecule has 2 aliphatic heterocycles. The molecule has 0 aliphatic carbocycles. The molecule has 0 aromatic rings. The van der Waals surface area contributed by atoms with Gasteiger partial charge in [-0.1, -0.05) is 0 Å². The molecule has 2 aliphatic rings. The third-order valence-electron chi connectivity index (χ3n) is 5.88. The molecule has 0 aromatic carbocycles. The number of nitrogens with zero attached hydrogens (tertiary/aromatic N) is 4. The molecule has 0 bridgehead atoms. The van der Waals surface area contributed by atoms with Crippen molar-refractivity contribution >= 4 is 11.9 Å². The molecule has 2 heterocycles. The van der Waals surface area contributed by atoms with E-state index in [0.717, 1.165) is 65.4 Å². The number of likely N-dealkylation sites (N-methyl/N-ethyl adjacent to an activating group) is 2. The van der Waals surface area contributed by atoms with Crippen molar-refractivity contribution in [2.24, 2.45) is 0 Å². The van der Waals surface area contributed by atoms with E-state index >= 15 is 0 Å². The fraction of sp³-hybridized carbons (Fsp3) is 0.909. The van der Waals surface area contributed by atoms with Crippen LogP contribution in [0.1, 0.15) is 26.7 Å². The first kappa shape index (κ1) is 26.0. The predicted octanol–water partition coefficient (Wildman–Crippen LogP) is 0.141. The highest BCUT2D eigenvalue weighted by Gasteiger charge is 2.18. The quantitative estimate of drug-likeness (QED) is 0.392. The zero-order valence-corrected chi connectivity index (χ0v) is 19.9. The van der Waals surface area contributed by atoms with Crippen LogP contribution in [0.15, 0.2) is 0 Å². The Labute approximate surface area is 187 Å². The lowest BCUT2D eigenvalue weighted by Gasteiger charge is -2.32. The third-order valence-corrected chi connectivity index (χ3v) is 5.88. The molecule has 0 N–H and O–H groups in total. The maximum atomic E-state index is 12.0. The van der Waals surface area contributed by atoms with Gasteiger partial charge in [0.1, 0.15) is 12.7 Å². The van der Waals surface area contributed by atoms with Gasteiger partial charge in [0.05, 0.1) is 25.6 Å². The zero-order valence-electron chi connectivity index (χ0n) is 19.9. The first-order chi connectivity index (χ1) is 14.8. The standard InChI is InChI=1S/C22H42N4O5/c1-19(17-30-21(27)5-7-25-13-9-23(3)10-14-25)29-18-20(2)31-22(28)6-8-26-15-11-24(4)12-16-26/h19-20H,5-18H2,1-4H3. The molecule has 0 radical (unpaired) electrons. The molecule has 2 saturated heterocycles. The van der Waals surface area contributed by atoms with E-state index in [4.69, 9.17) is 14.2 Å². The minimum atomic E-state index is -0.324. The van der Waals surface area contributed by atoms with Crippen LogP contribution >= 0.6 is 0 Å². The molecule has 180 valence electrons. The van der Waals surface area contributed by atoms with E-state index in [1.54, 1.807) is 0 Å². The molecule has 0 amide bonds. The van der Waals surface area contributed by atoms with Crippen molar-refractivity contribution in [3.63, 3.8) is 0 Å². The highest BCUT2D eigenvalue weighted by molar-refractivity contribution is 5.70. The molecule has 9 nitrogen and oxygen atoms in total. The summed E-state index contributed by atoms with van der Waals surface area (Å²) in [7, 11) is 4.23. The van der Waals surface area contributed by atoms with Gasteiger partial charge in [-0.05, 0) is 27.9 Å². The van der Waals surface area contributed by atoms with Crippen LogP contribution < -0.4 is 0 Å². The molecule has 2 atom stereocenters. The van der Waals surface area contributed by atoms with Crippen molar-refractivity contribution in [1.29, 1.82) is 0 Å². The van der Waals surface area contributed by atoms with Gasteiger partial charge in [0.15, 0.2) is 0 Å². The van der Waals surface area contributed by atoms with E-state index in [1.807, 2.05) is 13.8 Å². The maximum Gasteiger partial charge on any atom is 0.307 e. The second-order valence-corrected chi connectivity index (χ2v) is 8.92. The first-order valence-corrected chi connectivity index (χ1v) is 11.6. The summed E-state index contributed by atoms with van der Waals surface area (Å²) in [5.74, 6) is -0.393. The van der Waals surface area contributed by atoms with E-state index in [0.29, 0.717) is 19.4 Å². The highest BCUT2D eigenvalue weighted by atomic mass is 16.6. The normalized spacial score (nSPS) is 21.5. The number of hydrogen-bond donors (Lipinski definition) is 0. The zero-order chi connectivity index (χ0) is 22.6. The summed E-state index contributed by atoms with van der Waals surface area (Å²) in [6, 6.07) is 0. The second-order valence-electron chi connectivity index (χ2n) is 8.92. The van der Waals surface area contributed by atoms with E-state index < -0.39 is 0 Å². The van der Waals surface area contributed by atoms with Gasteiger partial charge in [-0.25, -0.2) is 0 Å². The minimum Gasteiger partial charge on any atom is -0.463 e. The molecular formula is C22H42N4O5. The van der Waals surface area contributed by atoms with Crippen molar-refractivity contribution in [3.8, 4) is 0 Å². The number of rotatable bonds is 12. The second kappa shape index (κ2) is 14.0. The average molecular weight is 443 g/mol. The minimum absolute atomic E-state index is 0.196. The molecule has 9 heteroatoms. The molecule has 2 rings (SSSR count). The predicted molar refractivity (Wildman–Crippen MR) is 119 cm³/mol. The monoisotopic (exact) mass is 442 g/mol. The van der Waals surface area contributed by atoms with Crippen molar-refractivity contribution < 1.29 is 23.8 Å². The fourth-order valence-corrected chi connectivity index (χ4v) is 3.59. The van der Waals surface area contributed by atoms with Gasteiger partial charge in [-0.3, -0.25) is 9.59 Å². The van der Waals surface area contributed by atoms with Gasteiger partial charge in [0, 0.05) is 65.4 Å². The van der Waals surface area contributed by atoms with Gasteiger partial charge >= 0.3 is 11.9 Å². The van der Waals surface area contributed by atoms with Crippen LogP contribution in [0.4, 0.5) is 0 Å². The van der Waals surface area contributed by atoms with Crippen LogP contribution in [0.2, 0.25) is 0 Å². The van der Waals surface area contributed by atoms with Gasteiger partial charge in [-0.2, -0.15) is 0 Å².